The van der Waals surface area contributed by atoms with Crippen LogP contribution >= 0.6 is 11.3 Å². The van der Waals surface area contributed by atoms with Gasteiger partial charge in [0.2, 0.25) is 0 Å². The molecule has 0 aliphatic heterocycles. The van der Waals surface area contributed by atoms with Gasteiger partial charge in [-0.1, -0.05) is 39.0 Å². The summed E-state index contributed by atoms with van der Waals surface area (Å²) < 4.78 is 0. The van der Waals surface area contributed by atoms with Gasteiger partial charge in [-0.2, -0.15) is 11.3 Å². The van der Waals surface area contributed by atoms with Gasteiger partial charge in [-0.05, 0) is 41.7 Å². The first-order chi connectivity index (χ1) is 7.83. The van der Waals surface area contributed by atoms with Crippen LogP contribution < -0.4 is 5.73 Å². The Balaban J connectivity index is 1.96. The molecule has 0 radical (unpaired) electrons. The predicted octanol–water partition coefficient (Wildman–Crippen LogP) is 4.37. The normalized spacial score (nSPS) is 12.9. The molecular weight excluding hydrogens is 214 g/mol. The van der Waals surface area contributed by atoms with E-state index in [2.05, 4.69) is 23.8 Å². The Morgan fingerprint density at radius 1 is 1.19 bits per heavy atom. The number of thiophene rings is 1. The first-order valence-corrected chi connectivity index (χ1v) is 7.54. The Morgan fingerprint density at radius 2 is 2.00 bits per heavy atom. The Bertz CT molecular complexity index is 243. The van der Waals surface area contributed by atoms with Gasteiger partial charge in [0.25, 0.3) is 0 Å². The summed E-state index contributed by atoms with van der Waals surface area (Å²) in [4.78, 5) is 0. The molecule has 16 heavy (non-hydrogen) atoms. The van der Waals surface area contributed by atoms with E-state index in [0.717, 1.165) is 12.8 Å². The summed E-state index contributed by atoms with van der Waals surface area (Å²) in [5.74, 6) is 0. The fourth-order valence-electron chi connectivity index (χ4n) is 1.94. The van der Waals surface area contributed by atoms with Gasteiger partial charge in [-0.25, -0.2) is 0 Å². The van der Waals surface area contributed by atoms with Crippen molar-refractivity contribution in [3.63, 3.8) is 0 Å². The summed E-state index contributed by atoms with van der Waals surface area (Å²) in [6, 6.07) is 2.61. The summed E-state index contributed by atoms with van der Waals surface area (Å²) in [6.07, 6.45) is 10.3. The van der Waals surface area contributed by atoms with Crippen molar-refractivity contribution in [2.75, 3.05) is 0 Å². The third kappa shape index (κ3) is 6.29. The standard InChI is InChI=1S/C14H25NS/c1-2-3-4-5-6-7-14(15)9-8-13-10-11-16-12-13/h10-12,14H,2-9,15H2,1H3. The highest BCUT2D eigenvalue weighted by Crippen LogP contribution is 2.12. The maximum Gasteiger partial charge on any atom is 0.00419 e. The zero-order chi connectivity index (χ0) is 11.6. The quantitative estimate of drug-likeness (QED) is 0.636. The molecule has 0 fully saturated rings. The van der Waals surface area contributed by atoms with Gasteiger partial charge in [0.1, 0.15) is 0 Å². The minimum atomic E-state index is 0.404. The van der Waals surface area contributed by atoms with Crippen LogP contribution in [-0.2, 0) is 6.42 Å². The molecule has 1 aromatic rings. The molecule has 0 saturated heterocycles. The lowest BCUT2D eigenvalue weighted by Crippen LogP contribution is -2.20. The molecule has 2 N–H and O–H groups in total. The molecule has 1 heterocycles. The topological polar surface area (TPSA) is 26.0 Å². The van der Waals surface area contributed by atoms with Crippen molar-refractivity contribution in [1.82, 2.24) is 0 Å². The first-order valence-electron chi connectivity index (χ1n) is 6.59. The van der Waals surface area contributed by atoms with Crippen molar-refractivity contribution in [1.29, 1.82) is 0 Å². The van der Waals surface area contributed by atoms with E-state index in [1.807, 2.05) is 0 Å². The van der Waals surface area contributed by atoms with E-state index in [4.69, 9.17) is 5.73 Å². The van der Waals surface area contributed by atoms with E-state index in [1.165, 1.54) is 44.1 Å². The highest BCUT2D eigenvalue weighted by Gasteiger charge is 2.03. The van der Waals surface area contributed by atoms with Crippen LogP contribution in [0.4, 0.5) is 0 Å². The summed E-state index contributed by atoms with van der Waals surface area (Å²) in [5.41, 5.74) is 7.56. The lowest BCUT2D eigenvalue weighted by Gasteiger charge is -2.10. The third-order valence-corrected chi connectivity index (χ3v) is 3.79. The summed E-state index contributed by atoms with van der Waals surface area (Å²) >= 11 is 1.78. The number of hydrogen-bond donors (Lipinski definition) is 1. The molecule has 0 aromatic carbocycles. The highest BCUT2D eigenvalue weighted by molar-refractivity contribution is 7.07. The van der Waals surface area contributed by atoms with Crippen LogP contribution in [-0.4, -0.2) is 6.04 Å². The molecule has 0 aliphatic rings. The average molecular weight is 239 g/mol. The number of rotatable bonds is 9. The fraction of sp³-hybridized carbons (Fsp3) is 0.714. The van der Waals surface area contributed by atoms with Gasteiger partial charge in [0.05, 0.1) is 0 Å². The van der Waals surface area contributed by atoms with Crippen molar-refractivity contribution >= 4 is 11.3 Å². The molecule has 0 aliphatic carbocycles. The smallest absolute Gasteiger partial charge is 0.00419 e. The minimum Gasteiger partial charge on any atom is -0.328 e. The summed E-state index contributed by atoms with van der Waals surface area (Å²) in [6.45, 7) is 2.26. The zero-order valence-electron chi connectivity index (χ0n) is 10.5. The van der Waals surface area contributed by atoms with Crippen molar-refractivity contribution in [3.8, 4) is 0 Å². The summed E-state index contributed by atoms with van der Waals surface area (Å²) in [5, 5.41) is 4.37. The number of nitrogens with two attached hydrogens (primary N) is 1. The molecule has 0 amide bonds. The Hall–Kier alpha value is -0.340. The van der Waals surface area contributed by atoms with Crippen LogP contribution in [0.15, 0.2) is 16.8 Å². The Morgan fingerprint density at radius 3 is 2.69 bits per heavy atom. The molecule has 1 unspecified atom stereocenters. The van der Waals surface area contributed by atoms with Crippen molar-refractivity contribution < 1.29 is 0 Å². The lowest BCUT2D eigenvalue weighted by atomic mass is 10.0. The minimum absolute atomic E-state index is 0.404. The summed E-state index contributed by atoms with van der Waals surface area (Å²) in [7, 11) is 0. The second-order valence-electron chi connectivity index (χ2n) is 4.63. The largest absolute Gasteiger partial charge is 0.328 e. The molecular formula is C14H25NS. The van der Waals surface area contributed by atoms with Crippen LogP contribution in [0.1, 0.15) is 57.4 Å². The van der Waals surface area contributed by atoms with Gasteiger partial charge < -0.3 is 5.73 Å². The second-order valence-corrected chi connectivity index (χ2v) is 5.41. The molecule has 1 nitrogen and oxygen atoms in total. The molecule has 0 saturated carbocycles. The molecule has 1 aromatic heterocycles. The van der Waals surface area contributed by atoms with E-state index < -0.39 is 0 Å². The van der Waals surface area contributed by atoms with Gasteiger partial charge in [0.15, 0.2) is 0 Å². The van der Waals surface area contributed by atoms with Gasteiger partial charge in [-0.15, -0.1) is 0 Å². The second kappa shape index (κ2) is 8.77. The van der Waals surface area contributed by atoms with Crippen LogP contribution in [0.5, 0.6) is 0 Å². The monoisotopic (exact) mass is 239 g/mol. The number of hydrogen-bond acceptors (Lipinski definition) is 2. The van der Waals surface area contributed by atoms with E-state index in [-0.39, 0.29) is 0 Å². The Kier molecular flexibility index (Phi) is 7.52. The van der Waals surface area contributed by atoms with E-state index >= 15 is 0 Å². The number of aryl methyl sites for hydroxylation is 1. The van der Waals surface area contributed by atoms with Crippen molar-refractivity contribution in [2.45, 2.75) is 64.3 Å². The first kappa shape index (κ1) is 13.7. The van der Waals surface area contributed by atoms with E-state index in [1.54, 1.807) is 11.3 Å². The van der Waals surface area contributed by atoms with Gasteiger partial charge in [0, 0.05) is 6.04 Å². The van der Waals surface area contributed by atoms with Crippen LogP contribution in [0.25, 0.3) is 0 Å². The fourth-order valence-corrected chi connectivity index (χ4v) is 2.64. The van der Waals surface area contributed by atoms with E-state index in [0.29, 0.717) is 6.04 Å². The molecule has 2 heteroatoms. The predicted molar refractivity (Wildman–Crippen MR) is 74.0 cm³/mol. The molecule has 92 valence electrons. The third-order valence-electron chi connectivity index (χ3n) is 3.06. The van der Waals surface area contributed by atoms with Crippen LogP contribution in [0.3, 0.4) is 0 Å². The molecule has 0 spiro atoms. The zero-order valence-corrected chi connectivity index (χ0v) is 11.3. The SMILES string of the molecule is CCCCCCCC(N)CCc1ccsc1. The van der Waals surface area contributed by atoms with Crippen LogP contribution in [0.2, 0.25) is 0 Å². The maximum absolute atomic E-state index is 6.11. The molecule has 0 bridgehead atoms. The van der Waals surface area contributed by atoms with Crippen molar-refractivity contribution in [2.24, 2.45) is 5.73 Å². The number of unbranched alkanes of at least 4 members (excludes halogenated alkanes) is 4. The molecule has 1 rings (SSSR count). The average Bonchev–Trinajstić information content (AvgIpc) is 2.79. The van der Waals surface area contributed by atoms with Crippen molar-refractivity contribution in [3.05, 3.63) is 22.4 Å². The molecule has 1 atom stereocenters. The lowest BCUT2D eigenvalue weighted by molar-refractivity contribution is 0.516. The highest BCUT2D eigenvalue weighted by atomic mass is 32.1. The van der Waals surface area contributed by atoms with Gasteiger partial charge >= 0.3 is 0 Å². The van der Waals surface area contributed by atoms with E-state index in [9.17, 15) is 0 Å². The maximum atomic E-state index is 6.11. The van der Waals surface area contributed by atoms with Crippen LogP contribution in [0, 0.1) is 0 Å². The Labute approximate surface area is 104 Å². The van der Waals surface area contributed by atoms with Gasteiger partial charge in [-0.3, -0.25) is 0 Å².